The van der Waals surface area contributed by atoms with E-state index in [0.29, 0.717) is 17.4 Å². The fraction of sp³-hybridized carbons (Fsp3) is 0.714. The third-order valence-electron chi connectivity index (χ3n) is 12.4. The van der Waals surface area contributed by atoms with E-state index in [1.807, 2.05) is 21.1 Å². The van der Waals surface area contributed by atoms with Crippen molar-refractivity contribution in [3.05, 3.63) is 97.2 Å². The summed E-state index contributed by atoms with van der Waals surface area (Å²) >= 11 is 0. The second-order valence-electron chi connectivity index (χ2n) is 20.7. The van der Waals surface area contributed by atoms with Gasteiger partial charge in [-0.1, -0.05) is 246 Å². The smallest absolute Gasteiger partial charge is 0.462 e. The Kier molecular flexibility index (Phi) is 51.5. The monoisotopic (exact) mass is 1040 g/mol. The van der Waals surface area contributed by atoms with Crippen molar-refractivity contribution in [2.75, 3.05) is 47.5 Å². The van der Waals surface area contributed by atoms with Crippen molar-refractivity contribution in [2.24, 2.45) is 0 Å². The minimum Gasteiger partial charge on any atom is -0.462 e. The van der Waals surface area contributed by atoms with Gasteiger partial charge in [0.05, 0.1) is 27.7 Å². The highest BCUT2D eigenvalue weighted by molar-refractivity contribution is 7.47. The molecule has 0 aliphatic rings. The molecule has 0 heterocycles. The van der Waals surface area contributed by atoms with Crippen LogP contribution in [-0.2, 0) is 32.7 Å². The molecule has 0 spiro atoms. The number of esters is 2. The van der Waals surface area contributed by atoms with Crippen LogP contribution in [0.1, 0.15) is 239 Å². The van der Waals surface area contributed by atoms with E-state index < -0.39 is 26.5 Å². The second kappa shape index (κ2) is 53.7. The maximum atomic E-state index is 12.8. The van der Waals surface area contributed by atoms with E-state index in [0.717, 1.165) is 83.5 Å². The minimum absolute atomic E-state index is 0.0192. The van der Waals surface area contributed by atoms with Gasteiger partial charge in [-0.05, 0) is 77.0 Å². The number of hydrogen-bond donors (Lipinski definition) is 1. The molecule has 2 atom stereocenters. The first-order valence-electron chi connectivity index (χ1n) is 29.5. The SMILES string of the molecule is CC/C=C\C/C=C\C/C=C\C/C=C\C/C=C\C/C=C\C/C=C\C/C=C\CCCCC(=O)OC(COC(=O)CCCCCCCCCCCCCCCCCCCCCCCC)COP(=O)(O)OCC[N+](C)(C)C. The van der Waals surface area contributed by atoms with Gasteiger partial charge in [0.15, 0.2) is 6.10 Å². The van der Waals surface area contributed by atoms with Crippen LogP contribution in [0.2, 0.25) is 0 Å². The molecular formula is C63H111NO8P+. The minimum atomic E-state index is -4.40. The summed E-state index contributed by atoms with van der Waals surface area (Å²) < 4.78 is 34.5. The van der Waals surface area contributed by atoms with E-state index in [1.54, 1.807) is 0 Å². The number of likely N-dealkylation sites (N-methyl/N-ethyl adjacent to an activating group) is 1. The van der Waals surface area contributed by atoms with Crippen molar-refractivity contribution in [1.29, 1.82) is 0 Å². The maximum Gasteiger partial charge on any atom is 0.472 e. The van der Waals surface area contributed by atoms with E-state index in [2.05, 4.69) is 111 Å². The number of phosphoric ester groups is 1. The van der Waals surface area contributed by atoms with Crippen molar-refractivity contribution in [3.8, 4) is 0 Å². The largest absolute Gasteiger partial charge is 0.472 e. The third-order valence-corrected chi connectivity index (χ3v) is 13.4. The highest BCUT2D eigenvalue weighted by Crippen LogP contribution is 2.43. The maximum absolute atomic E-state index is 12.8. The van der Waals surface area contributed by atoms with E-state index in [1.165, 1.54) is 122 Å². The van der Waals surface area contributed by atoms with Gasteiger partial charge < -0.3 is 18.9 Å². The van der Waals surface area contributed by atoms with Gasteiger partial charge in [0.1, 0.15) is 19.8 Å². The van der Waals surface area contributed by atoms with Gasteiger partial charge in [0.25, 0.3) is 0 Å². The Morgan fingerprint density at radius 1 is 0.438 bits per heavy atom. The van der Waals surface area contributed by atoms with E-state index in [-0.39, 0.29) is 32.0 Å². The lowest BCUT2D eigenvalue weighted by atomic mass is 10.0. The molecule has 73 heavy (non-hydrogen) atoms. The molecule has 0 radical (unpaired) electrons. The molecule has 10 heteroatoms. The van der Waals surface area contributed by atoms with Crippen molar-refractivity contribution >= 4 is 19.8 Å². The predicted octanol–water partition coefficient (Wildman–Crippen LogP) is 18.4. The zero-order valence-corrected chi connectivity index (χ0v) is 48.5. The molecule has 9 nitrogen and oxygen atoms in total. The number of carbonyl (C=O) groups excluding carboxylic acids is 2. The number of ether oxygens (including phenoxy) is 2. The molecule has 0 amide bonds. The molecule has 2 unspecified atom stereocenters. The summed E-state index contributed by atoms with van der Waals surface area (Å²) in [6, 6.07) is 0. The Hall–Kier alpha value is -3.07. The molecule has 0 saturated carbocycles. The lowest BCUT2D eigenvalue weighted by Gasteiger charge is -2.24. The first kappa shape index (κ1) is 69.9. The van der Waals surface area contributed by atoms with Crippen LogP contribution >= 0.6 is 7.82 Å². The van der Waals surface area contributed by atoms with Gasteiger partial charge in [0.2, 0.25) is 0 Å². The summed E-state index contributed by atoms with van der Waals surface area (Å²) in [5.41, 5.74) is 0. The Morgan fingerprint density at radius 3 is 1.16 bits per heavy atom. The normalized spacial score (nSPS) is 14.0. The molecule has 0 aliphatic carbocycles. The molecule has 0 aromatic rings. The summed E-state index contributed by atoms with van der Waals surface area (Å²) in [5.74, 6) is -0.847. The number of rotatable bonds is 53. The molecule has 420 valence electrons. The van der Waals surface area contributed by atoms with Gasteiger partial charge in [-0.25, -0.2) is 4.57 Å². The number of quaternary nitrogens is 1. The summed E-state index contributed by atoms with van der Waals surface area (Å²) in [6.45, 7) is 4.28. The lowest BCUT2D eigenvalue weighted by Crippen LogP contribution is -2.37. The Labute approximate surface area is 449 Å². The molecule has 0 rings (SSSR count). The van der Waals surface area contributed by atoms with Crippen LogP contribution < -0.4 is 0 Å². The van der Waals surface area contributed by atoms with Gasteiger partial charge in [-0.15, -0.1) is 0 Å². The first-order chi connectivity index (χ1) is 35.5. The summed E-state index contributed by atoms with van der Waals surface area (Å²) in [4.78, 5) is 35.7. The fourth-order valence-corrected chi connectivity index (χ4v) is 8.60. The molecule has 0 bridgehead atoms. The van der Waals surface area contributed by atoms with E-state index >= 15 is 0 Å². The topological polar surface area (TPSA) is 108 Å². The standard InChI is InChI=1S/C63H110NO8P/c1-6-8-10-12-14-16-18-20-22-24-26-28-30-31-32-33-34-36-38-40-42-44-46-48-50-52-54-56-63(66)72-61(60-71-73(67,68)70-58-57-64(3,4)5)59-69-62(65)55-53-51-49-47-45-43-41-39-37-35-29-27-25-23-21-19-17-15-13-11-9-7-2/h8,10,14,16,20,22,26,28,31-32,34,36,40,42,46,48,61H,6-7,9,11-13,15,17-19,21,23-25,27,29-30,33,35,37-39,41,43-45,47,49-60H2,1-5H3/p+1/b10-8-,16-14-,22-20-,28-26-,32-31-,36-34-,42-40-,48-46-. The zero-order valence-electron chi connectivity index (χ0n) is 47.6. The van der Waals surface area contributed by atoms with Gasteiger partial charge in [-0.3, -0.25) is 18.6 Å². The van der Waals surface area contributed by atoms with Crippen molar-refractivity contribution in [3.63, 3.8) is 0 Å². The quantitative estimate of drug-likeness (QED) is 0.0211. The zero-order chi connectivity index (χ0) is 53.5. The lowest BCUT2D eigenvalue weighted by molar-refractivity contribution is -0.870. The van der Waals surface area contributed by atoms with Gasteiger partial charge in [0, 0.05) is 12.8 Å². The van der Waals surface area contributed by atoms with Gasteiger partial charge in [-0.2, -0.15) is 0 Å². The highest BCUT2D eigenvalue weighted by atomic mass is 31.2. The highest BCUT2D eigenvalue weighted by Gasteiger charge is 2.27. The molecule has 0 aliphatic heterocycles. The van der Waals surface area contributed by atoms with Crippen molar-refractivity contribution < 1.29 is 42.1 Å². The van der Waals surface area contributed by atoms with E-state index in [9.17, 15) is 19.0 Å². The number of carbonyl (C=O) groups is 2. The number of hydrogen-bond acceptors (Lipinski definition) is 7. The Bertz CT molecular complexity index is 1550. The number of phosphoric acid groups is 1. The van der Waals surface area contributed by atoms with Crippen LogP contribution in [-0.4, -0.2) is 74.9 Å². The third kappa shape index (κ3) is 58.1. The number of nitrogens with zero attached hydrogens (tertiary/aromatic N) is 1. The average molecular weight is 1040 g/mol. The number of allylic oxidation sites excluding steroid dienone is 16. The first-order valence-corrected chi connectivity index (χ1v) is 31.0. The van der Waals surface area contributed by atoms with E-state index in [4.69, 9.17) is 18.5 Å². The molecule has 0 saturated heterocycles. The van der Waals surface area contributed by atoms with Crippen LogP contribution in [0.25, 0.3) is 0 Å². The summed E-state index contributed by atoms with van der Waals surface area (Å²) in [6.07, 6.45) is 73.4. The van der Waals surface area contributed by atoms with Crippen molar-refractivity contribution in [1.82, 2.24) is 0 Å². The Balaban J connectivity index is 4.27. The number of unbranched alkanes of at least 4 members (excludes halogenated alkanes) is 23. The van der Waals surface area contributed by atoms with Crippen LogP contribution in [0.4, 0.5) is 0 Å². The van der Waals surface area contributed by atoms with Crippen LogP contribution in [0.5, 0.6) is 0 Å². The fourth-order valence-electron chi connectivity index (χ4n) is 7.85. The Morgan fingerprint density at radius 2 is 0.781 bits per heavy atom. The molecular weight excluding hydrogens is 930 g/mol. The molecule has 0 fully saturated rings. The predicted molar refractivity (Wildman–Crippen MR) is 312 cm³/mol. The second-order valence-corrected chi connectivity index (χ2v) is 22.1. The van der Waals surface area contributed by atoms with Crippen LogP contribution in [0, 0.1) is 0 Å². The molecule has 0 aromatic carbocycles. The van der Waals surface area contributed by atoms with Crippen molar-refractivity contribution in [2.45, 2.75) is 245 Å². The average Bonchev–Trinajstić information content (AvgIpc) is 3.35. The van der Waals surface area contributed by atoms with Crippen LogP contribution in [0.15, 0.2) is 97.2 Å². The van der Waals surface area contributed by atoms with Crippen LogP contribution in [0.3, 0.4) is 0 Å². The molecule has 1 N–H and O–H groups in total. The van der Waals surface area contributed by atoms with Gasteiger partial charge >= 0.3 is 19.8 Å². The summed E-state index contributed by atoms with van der Waals surface area (Å²) in [7, 11) is 1.44. The summed E-state index contributed by atoms with van der Waals surface area (Å²) in [5, 5.41) is 0. The molecule has 0 aromatic heterocycles.